The van der Waals surface area contributed by atoms with Gasteiger partial charge in [0.15, 0.2) is 0 Å². The summed E-state index contributed by atoms with van der Waals surface area (Å²) in [6.07, 6.45) is 0. The lowest BCUT2D eigenvalue weighted by Gasteiger charge is -2.20. The third-order valence-corrected chi connectivity index (χ3v) is 2.77. The van der Waals surface area contributed by atoms with Crippen molar-refractivity contribution in [3.63, 3.8) is 0 Å². The molecule has 1 unspecified atom stereocenters. The van der Waals surface area contributed by atoms with Crippen LogP contribution in [0.5, 0.6) is 0 Å². The van der Waals surface area contributed by atoms with Crippen LogP contribution in [0.3, 0.4) is 0 Å². The highest BCUT2D eigenvalue weighted by Gasteiger charge is 2.28. The predicted molar refractivity (Wildman–Crippen MR) is 67.1 cm³/mol. The van der Waals surface area contributed by atoms with Crippen molar-refractivity contribution >= 4 is 5.91 Å². The number of aryl methyl sites for hydroxylation is 1. The van der Waals surface area contributed by atoms with Gasteiger partial charge < -0.3 is 5.32 Å². The largest absolute Gasteiger partial charge is 0.348 e. The Morgan fingerprint density at radius 1 is 1.35 bits per heavy atom. The van der Waals surface area contributed by atoms with Gasteiger partial charge in [0.25, 0.3) is 0 Å². The molecule has 0 aromatic heterocycles. The number of nitriles is 1. The van der Waals surface area contributed by atoms with Crippen molar-refractivity contribution in [2.45, 2.75) is 33.7 Å². The Balaban J connectivity index is 2.74. The number of carbonyl (C=O) groups excluding carboxylic acids is 1. The molecule has 0 aliphatic heterocycles. The fraction of sp³-hybridized carbons (Fsp3) is 0.429. The second kappa shape index (κ2) is 5.01. The van der Waals surface area contributed by atoms with Gasteiger partial charge in [-0.05, 0) is 33.3 Å². The molecule has 3 heteroatoms. The van der Waals surface area contributed by atoms with Crippen molar-refractivity contribution < 1.29 is 4.79 Å². The smallest absolute Gasteiger partial charge is 0.240 e. The van der Waals surface area contributed by atoms with Gasteiger partial charge in [0.05, 0.1) is 12.1 Å². The van der Waals surface area contributed by atoms with Crippen LogP contribution in [0.25, 0.3) is 0 Å². The molecule has 0 saturated heterocycles. The molecule has 1 amide bonds. The molecule has 17 heavy (non-hydrogen) atoms. The summed E-state index contributed by atoms with van der Waals surface area (Å²) in [5.74, 6) is -0.243. The van der Waals surface area contributed by atoms with E-state index in [1.165, 1.54) is 5.56 Å². The lowest BCUT2D eigenvalue weighted by molar-refractivity contribution is -0.127. The van der Waals surface area contributed by atoms with Gasteiger partial charge in [0.1, 0.15) is 5.41 Å². The first-order chi connectivity index (χ1) is 7.86. The van der Waals surface area contributed by atoms with Crippen LogP contribution in [0.2, 0.25) is 0 Å². The molecule has 0 spiro atoms. The Morgan fingerprint density at radius 2 is 1.88 bits per heavy atom. The highest BCUT2D eigenvalue weighted by molar-refractivity contribution is 5.84. The Bertz CT molecular complexity index is 440. The number of hydrogen-bond donors (Lipinski definition) is 1. The predicted octanol–water partition coefficient (Wildman–Crippen LogP) is 2.72. The van der Waals surface area contributed by atoms with Crippen molar-refractivity contribution in [2.24, 2.45) is 5.41 Å². The van der Waals surface area contributed by atoms with E-state index in [1.807, 2.05) is 44.2 Å². The van der Waals surface area contributed by atoms with E-state index in [9.17, 15) is 4.79 Å². The molecule has 0 bridgehead atoms. The summed E-state index contributed by atoms with van der Waals surface area (Å²) >= 11 is 0. The molecule has 90 valence electrons. The Hall–Kier alpha value is -1.82. The van der Waals surface area contributed by atoms with E-state index in [1.54, 1.807) is 13.8 Å². The third kappa shape index (κ3) is 3.32. The van der Waals surface area contributed by atoms with Gasteiger partial charge in [-0.25, -0.2) is 0 Å². The zero-order valence-electron chi connectivity index (χ0n) is 10.7. The minimum atomic E-state index is -0.987. The maximum atomic E-state index is 11.8. The van der Waals surface area contributed by atoms with E-state index in [4.69, 9.17) is 5.26 Å². The van der Waals surface area contributed by atoms with E-state index >= 15 is 0 Å². The fourth-order valence-electron chi connectivity index (χ4n) is 1.37. The van der Waals surface area contributed by atoms with E-state index in [0.29, 0.717) is 0 Å². The summed E-state index contributed by atoms with van der Waals surface area (Å²) in [6.45, 7) is 7.16. The van der Waals surface area contributed by atoms with Crippen LogP contribution >= 0.6 is 0 Å². The first-order valence-corrected chi connectivity index (χ1v) is 5.65. The number of nitrogens with one attached hydrogen (secondary N) is 1. The van der Waals surface area contributed by atoms with Gasteiger partial charge in [0, 0.05) is 0 Å². The molecule has 0 saturated carbocycles. The highest BCUT2D eigenvalue weighted by Crippen LogP contribution is 2.18. The quantitative estimate of drug-likeness (QED) is 0.868. The first-order valence-electron chi connectivity index (χ1n) is 5.65. The standard InChI is InChI=1S/C14H18N2O/c1-10-5-7-12(8-6-10)11(2)16-13(17)14(3,4)9-15/h5-8,11H,1-4H3,(H,16,17). The van der Waals surface area contributed by atoms with Crippen LogP contribution in [0.15, 0.2) is 24.3 Å². The summed E-state index contributed by atoms with van der Waals surface area (Å²) in [4.78, 5) is 11.8. The van der Waals surface area contributed by atoms with E-state index in [0.717, 1.165) is 5.56 Å². The number of amides is 1. The lowest BCUT2D eigenvalue weighted by Crippen LogP contribution is -2.37. The zero-order valence-corrected chi connectivity index (χ0v) is 10.7. The molecular weight excluding hydrogens is 212 g/mol. The molecule has 3 nitrogen and oxygen atoms in total. The lowest BCUT2D eigenvalue weighted by atomic mass is 9.94. The summed E-state index contributed by atoms with van der Waals surface area (Å²) in [5, 5.41) is 11.7. The topological polar surface area (TPSA) is 52.9 Å². The Morgan fingerprint density at radius 3 is 2.35 bits per heavy atom. The van der Waals surface area contributed by atoms with Gasteiger partial charge in [-0.2, -0.15) is 5.26 Å². The van der Waals surface area contributed by atoms with Crippen LogP contribution in [-0.4, -0.2) is 5.91 Å². The summed E-state index contributed by atoms with van der Waals surface area (Å²) < 4.78 is 0. The van der Waals surface area contributed by atoms with Gasteiger partial charge >= 0.3 is 0 Å². The van der Waals surface area contributed by atoms with Crippen molar-refractivity contribution in [1.29, 1.82) is 5.26 Å². The van der Waals surface area contributed by atoms with Crippen molar-refractivity contribution in [2.75, 3.05) is 0 Å². The van der Waals surface area contributed by atoms with E-state index < -0.39 is 5.41 Å². The number of nitrogens with zero attached hydrogens (tertiary/aromatic N) is 1. The minimum absolute atomic E-state index is 0.0873. The average molecular weight is 230 g/mol. The Labute approximate surface area is 102 Å². The third-order valence-electron chi connectivity index (χ3n) is 2.77. The summed E-state index contributed by atoms with van der Waals surface area (Å²) in [7, 11) is 0. The van der Waals surface area contributed by atoms with Gasteiger partial charge in [-0.15, -0.1) is 0 Å². The fourth-order valence-corrected chi connectivity index (χ4v) is 1.37. The monoisotopic (exact) mass is 230 g/mol. The molecule has 0 heterocycles. The maximum absolute atomic E-state index is 11.8. The van der Waals surface area contributed by atoms with Crippen LogP contribution in [0.1, 0.15) is 37.9 Å². The van der Waals surface area contributed by atoms with Crippen molar-refractivity contribution in [3.05, 3.63) is 35.4 Å². The SMILES string of the molecule is Cc1ccc(C(C)NC(=O)C(C)(C)C#N)cc1. The summed E-state index contributed by atoms with van der Waals surface area (Å²) in [5.41, 5.74) is 1.24. The minimum Gasteiger partial charge on any atom is -0.348 e. The maximum Gasteiger partial charge on any atom is 0.240 e. The first kappa shape index (κ1) is 13.2. The van der Waals surface area contributed by atoms with Gasteiger partial charge in [-0.1, -0.05) is 29.8 Å². The number of rotatable bonds is 3. The average Bonchev–Trinajstić information content (AvgIpc) is 2.29. The molecule has 0 radical (unpaired) electrons. The molecule has 0 fully saturated rings. The molecule has 1 aromatic carbocycles. The van der Waals surface area contributed by atoms with E-state index in [2.05, 4.69) is 5.32 Å². The number of benzene rings is 1. The Kier molecular flexibility index (Phi) is 3.90. The highest BCUT2D eigenvalue weighted by atomic mass is 16.2. The second-order valence-corrected chi connectivity index (χ2v) is 4.84. The van der Waals surface area contributed by atoms with Gasteiger partial charge in [-0.3, -0.25) is 4.79 Å². The molecular formula is C14H18N2O. The molecule has 0 aliphatic rings. The molecule has 1 N–H and O–H groups in total. The van der Waals surface area contributed by atoms with Crippen LogP contribution < -0.4 is 5.32 Å². The molecule has 1 rings (SSSR count). The van der Waals surface area contributed by atoms with Crippen LogP contribution in [0.4, 0.5) is 0 Å². The normalized spacial score (nSPS) is 12.6. The molecule has 1 aromatic rings. The zero-order chi connectivity index (χ0) is 13.1. The number of hydrogen-bond acceptors (Lipinski definition) is 2. The second-order valence-electron chi connectivity index (χ2n) is 4.84. The number of carbonyl (C=O) groups is 1. The van der Waals surface area contributed by atoms with Crippen LogP contribution in [0, 0.1) is 23.7 Å². The molecule has 0 aliphatic carbocycles. The van der Waals surface area contributed by atoms with Crippen molar-refractivity contribution in [1.82, 2.24) is 5.32 Å². The van der Waals surface area contributed by atoms with Crippen LogP contribution in [-0.2, 0) is 4.79 Å². The summed E-state index contributed by atoms with van der Waals surface area (Å²) in [6, 6.07) is 9.89. The van der Waals surface area contributed by atoms with E-state index in [-0.39, 0.29) is 11.9 Å². The van der Waals surface area contributed by atoms with Gasteiger partial charge in [0.2, 0.25) is 5.91 Å². The molecule has 1 atom stereocenters. The van der Waals surface area contributed by atoms with Crippen molar-refractivity contribution in [3.8, 4) is 6.07 Å².